The van der Waals surface area contributed by atoms with E-state index in [1.54, 1.807) is 11.3 Å². The van der Waals surface area contributed by atoms with Crippen molar-refractivity contribution < 1.29 is 4.74 Å². The fourth-order valence-corrected chi connectivity index (χ4v) is 2.85. The summed E-state index contributed by atoms with van der Waals surface area (Å²) in [5.41, 5.74) is 1.03. The van der Waals surface area contributed by atoms with Crippen LogP contribution in [0.4, 0.5) is 0 Å². The molecule has 3 rings (SSSR count). The van der Waals surface area contributed by atoms with Crippen molar-refractivity contribution in [1.29, 1.82) is 0 Å². The monoisotopic (exact) mass is 308 g/mol. The van der Waals surface area contributed by atoms with Gasteiger partial charge < -0.3 is 4.74 Å². The number of rotatable bonds is 3. The van der Waals surface area contributed by atoms with Crippen LogP contribution < -0.4 is 4.74 Å². The van der Waals surface area contributed by atoms with Crippen molar-refractivity contribution in [3.8, 4) is 11.6 Å². The number of fused-ring (bicyclic) bond motifs is 1. The molecule has 86 valence electrons. The third kappa shape index (κ3) is 1.96. The summed E-state index contributed by atoms with van der Waals surface area (Å²) in [6, 6.07) is 9.70. The standard InChI is InChI=1S/C12H9BrN2OS/c13-8-10-11(14-12-15(10)6-7-17-12)16-9-4-2-1-3-5-9/h1-7H,8H2. The van der Waals surface area contributed by atoms with Crippen molar-refractivity contribution in [2.45, 2.75) is 5.33 Å². The van der Waals surface area contributed by atoms with Crippen LogP contribution >= 0.6 is 27.3 Å². The van der Waals surface area contributed by atoms with Crippen LogP contribution in [-0.2, 0) is 5.33 Å². The Morgan fingerprint density at radius 2 is 2.12 bits per heavy atom. The van der Waals surface area contributed by atoms with Gasteiger partial charge in [0.05, 0.1) is 5.69 Å². The van der Waals surface area contributed by atoms with Gasteiger partial charge in [-0.3, -0.25) is 4.40 Å². The largest absolute Gasteiger partial charge is 0.437 e. The van der Waals surface area contributed by atoms with Crippen LogP contribution in [0.15, 0.2) is 41.9 Å². The number of aromatic nitrogens is 2. The fourth-order valence-electron chi connectivity index (χ4n) is 1.62. The van der Waals surface area contributed by atoms with E-state index in [1.165, 1.54) is 0 Å². The molecule has 5 heteroatoms. The first-order chi connectivity index (χ1) is 8.38. The number of alkyl halides is 1. The average molecular weight is 309 g/mol. The topological polar surface area (TPSA) is 26.5 Å². The first kappa shape index (κ1) is 10.8. The molecule has 2 heterocycles. The highest BCUT2D eigenvalue weighted by Crippen LogP contribution is 2.29. The number of thiazole rings is 1. The van der Waals surface area contributed by atoms with E-state index in [4.69, 9.17) is 4.74 Å². The molecule has 0 amide bonds. The van der Waals surface area contributed by atoms with Gasteiger partial charge >= 0.3 is 0 Å². The highest BCUT2D eigenvalue weighted by molar-refractivity contribution is 9.08. The number of para-hydroxylation sites is 1. The van der Waals surface area contributed by atoms with E-state index >= 15 is 0 Å². The second kappa shape index (κ2) is 4.50. The predicted molar refractivity (Wildman–Crippen MR) is 72.2 cm³/mol. The van der Waals surface area contributed by atoms with E-state index in [1.807, 2.05) is 46.3 Å². The summed E-state index contributed by atoms with van der Waals surface area (Å²) in [5, 5.41) is 2.73. The van der Waals surface area contributed by atoms with E-state index in [0.717, 1.165) is 16.4 Å². The number of nitrogens with zero attached hydrogens (tertiary/aromatic N) is 2. The number of benzene rings is 1. The molecule has 1 aromatic carbocycles. The molecule has 0 unspecified atom stereocenters. The Morgan fingerprint density at radius 3 is 2.88 bits per heavy atom. The van der Waals surface area contributed by atoms with E-state index in [-0.39, 0.29) is 0 Å². The summed E-state index contributed by atoms with van der Waals surface area (Å²) in [6.07, 6.45) is 2.00. The Morgan fingerprint density at radius 1 is 1.29 bits per heavy atom. The third-order valence-corrected chi connectivity index (χ3v) is 3.70. The molecule has 0 saturated carbocycles. The fraction of sp³-hybridized carbons (Fsp3) is 0.0833. The Bertz CT molecular complexity index is 632. The first-order valence-electron chi connectivity index (χ1n) is 5.12. The summed E-state index contributed by atoms with van der Waals surface area (Å²) in [7, 11) is 0. The van der Waals surface area contributed by atoms with Gasteiger partial charge in [-0.15, -0.1) is 11.3 Å². The number of imidazole rings is 1. The third-order valence-electron chi connectivity index (χ3n) is 2.41. The first-order valence-corrected chi connectivity index (χ1v) is 7.12. The number of hydrogen-bond donors (Lipinski definition) is 0. The maximum Gasteiger partial charge on any atom is 0.243 e. The molecule has 0 atom stereocenters. The Balaban J connectivity index is 2.02. The van der Waals surface area contributed by atoms with E-state index in [0.29, 0.717) is 11.2 Å². The number of halogens is 1. The highest BCUT2D eigenvalue weighted by atomic mass is 79.9. The van der Waals surface area contributed by atoms with Gasteiger partial charge in [0.1, 0.15) is 5.75 Å². The normalized spacial score (nSPS) is 10.9. The second-order valence-electron chi connectivity index (χ2n) is 3.47. The van der Waals surface area contributed by atoms with Crippen LogP contribution in [0.2, 0.25) is 0 Å². The molecule has 0 spiro atoms. The average Bonchev–Trinajstić information content (AvgIpc) is 2.90. The molecule has 3 aromatic rings. The zero-order valence-electron chi connectivity index (χ0n) is 8.84. The van der Waals surface area contributed by atoms with Crippen LogP contribution in [0, 0.1) is 0 Å². The molecule has 0 saturated heterocycles. The quantitative estimate of drug-likeness (QED) is 0.681. The Labute approximate surface area is 111 Å². The molecular formula is C12H9BrN2OS. The van der Waals surface area contributed by atoms with Crippen molar-refractivity contribution >= 4 is 32.2 Å². The maximum absolute atomic E-state index is 5.79. The molecule has 0 fully saturated rings. The van der Waals surface area contributed by atoms with Gasteiger partial charge in [0.2, 0.25) is 5.88 Å². The van der Waals surface area contributed by atoms with Crippen LogP contribution in [-0.4, -0.2) is 9.38 Å². The zero-order valence-corrected chi connectivity index (χ0v) is 11.2. The van der Waals surface area contributed by atoms with Gasteiger partial charge in [-0.2, -0.15) is 4.98 Å². The molecule has 3 nitrogen and oxygen atoms in total. The van der Waals surface area contributed by atoms with Crippen LogP contribution in [0.3, 0.4) is 0 Å². The van der Waals surface area contributed by atoms with Crippen molar-refractivity contribution in [3.05, 3.63) is 47.6 Å². The molecule has 2 aromatic heterocycles. The molecule has 0 aliphatic carbocycles. The Kier molecular flexibility index (Phi) is 2.86. The lowest BCUT2D eigenvalue weighted by Gasteiger charge is -2.03. The summed E-state index contributed by atoms with van der Waals surface area (Å²) in [5.74, 6) is 1.47. The Hall–Kier alpha value is -1.33. The lowest BCUT2D eigenvalue weighted by Crippen LogP contribution is -1.90. The van der Waals surface area contributed by atoms with Gasteiger partial charge in [0.15, 0.2) is 4.96 Å². The van der Waals surface area contributed by atoms with E-state index < -0.39 is 0 Å². The van der Waals surface area contributed by atoms with Gasteiger partial charge in [-0.05, 0) is 12.1 Å². The summed E-state index contributed by atoms with van der Waals surface area (Å²) < 4.78 is 7.83. The van der Waals surface area contributed by atoms with Crippen LogP contribution in [0.5, 0.6) is 11.6 Å². The van der Waals surface area contributed by atoms with Crippen LogP contribution in [0.1, 0.15) is 5.69 Å². The van der Waals surface area contributed by atoms with Crippen molar-refractivity contribution in [3.63, 3.8) is 0 Å². The van der Waals surface area contributed by atoms with Crippen molar-refractivity contribution in [2.24, 2.45) is 0 Å². The van der Waals surface area contributed by atoms with Crippen molar-refractivity contribution in [1.82, 2.24) is 9.38 Å². The number of hydrogen-bond acceptors (Lipinski definition) is 3. The van der Waals surface area contributed by atoms with Gasteiger partial charge in [0, 0.05) is 16.9 Å². The number of ether oxygens (including phenoxy) is 1. The molecular weight excluding hydrogens is 300 g/mol. The molecule has 0 aliphatic rings. The van der Waals surface area contributed by atoms with Crippen molar-refractivity contribution in [2.75, 3.05) is 0 Å². The zero-order chi connectivity index (χ0) is 11.7. The minimum atomic E-state index is 0.667. The molecule has 0 radical (unpaired) electrons. The molecule has 17 heavy (non-hydrogen) atoms. The van der Waals surface area contributed by atoms with E-state index in [9.17, 15) is 0 Å². The van der Waals surface area contributed by atoms with Gasteiger partial charge in [-0.25, -0.2) is 0 Å². The summed E-state index contributed by atoms with van der Waals surface area (Å²) in [6.45, 7) is 0. The van der Waals surface area contributed by atoms with Gasteiger partial charge in [0.25, 0.3) is 0 Å². The smallest absolute Gasteiger partial charge is 0.243 e. The minimum absolute atomic E-state index is 0.667. The minimum Gasteiger partial charge on any atom is -0.437 e. The molecule has 0 aliphatic heterocycles. The van der Waals surface area contributed by atoms with Gasteiger partial charge in [-0.1, -0.05) is 34.1 Å². The molecule has 0 N–H and O–H groups in total. The summed E-state index contributed by atoms with van der Waals surface area (Å²) >= 11 is 5.07. The molecule has 0 bridgehead atoms. The van der Waals surface area contributed by atoms with E-state index in [2.05, 4.69) is 20.9 Å². The SMILES string of the molecule is BrCc1c(Oc2ccccc2)nc2sccn12. The predicted octanol–water partition coefficient (Wildman–Crippen LogP) is 4.08. The lowest BCUT2D eigenvalue weighted by atomic mass is 10.3. The summed E-state index contributed by atoms with van der Waals surface area (Å²) in [4.78, 5) is 5.42. The highest BCUT2D eigenvalue weighted by Gasteiger charge is 2.13. The lowest BCUT2D eigenvalue weighted by molar-refractivity contribution is 0.462. The maximum atomic E-state index is 5.79. The second-order valence-corrected chi connectivity index (χ2v) is 4.90. The van der Waals surface area contributed by atoms with Crippen LogP contribution in [0.25, 0.3) is 4.96 Å².